The van der Waals surface area contributed by atoms with E-state index in [0.29, 0.717) is 30.6 Å². The number of carbonyl (C=O) groups excluding carboxylic acids is 3. The van der Waals surface area contributed by atoms with Crippen molar-refractivity contribution < 1.29 is 14.4 Å². The number of amides is 3. The second-order valence-electron chi connectivity index (χ2n) is 8.92. The Morgan fingerprint density at radius 1 is 1.26 bits per heavy atom. The third kappa shape index (κ3) is 3.69. The fraction of sp³-hybridized carbons (Fsp3) is 0.417. The van der Waals surface area contributed by atoms with E-state index in [4.69, 9.17) is 0 Å². The second kappa shape index (κ2) is 7.80. The molecule has 2 aromatic rings. The minimum atomic E-state index is -0.201. The molecule has 2 fully saturated rings. The van der Waals surface area contributed by atoms with Crippen molar-refractivity contribution >= 4 is 17.7 Å². The zero-order chi connectivity index (χ0) is 21.5. The molecule has 0 radical (unpaired) electrons. The van der Waals surface area contributed by atoms with E-state index in [2.05, 4.69) is 15.6 Å². The van der Waals surface area contributed by atoms with Gasteiger partial charge in [0.25, 0.3) is 11.8 Å². The summed E-state index contributed by atoms with van der Waals surface area (Å²) in [5.41, 5.74) is 3.78. The van der Waals surface area contributed by atoms with Crippen LogP contribution in [0.3, 0.4) is 0 Å². The van der Waals surface area contributed by atoms with E-state index in [1.165, 1.54) is 0 Å². The predicted molar refractivity (Wildman–Crippen MR) is 114 cm³/mol. The van der Waals surface area contributed by atoms with Crippen molar-refractivity contribution in [3.05, 3.63) is 64.5 Å². The van der Waals surface area contributed by atoms with Crippen molar-refractivity contribution in [2.45, 2.75) is 51.2 Å². The van der Waals surface area contributed by atoms with Gasteiger partial charge in [0.2, 0.25) is 5.91 Å². The Hall–Kier alpha value is -3.22. The number of nitrogens with one attached hydrogen (secondary N) is 2. The monoisotopic (exact) mass is 418 g/mol. The largest absolute Gasteiger partial charge is 0.349 e. The van der Waals surface area contributed by atoms with E-state index >= 15 is 0 Å². The van der Waals surface area contributed by atoms with Crippen molar-refractivity contribution in [2.75, 3.05) is 6.54 Å². The topological polar surface area (TPSA) is 91.4 Å². The number of pyridine rings is 1. The number of aryl methyl sites for hydroxylation is 1. The van der Waals surface area contributed by atoms with Gasteiger partial charge >= 0.3 is 0 Å². The molecule has 0 spiro atoms. The molecule has 3 amide bonds. The summed E-state index contributed by atoms with van der Waals surface area (Å²) in [5.74, 6) is -0.0157. The maximum Gasteiger partial charge on any atom is 0.252 e. The number of fused-ring (bicyclic) bond motifs is 3. The van der Waals surface area contributed by atoms with Crippen LogP contribution in [0.25, 0.3) is 0 Å². The molecule has 7 nitrogen and oxygen atoms in total. The van der Waals surface area contributed by atoms with Crippen LogP contribution in [-0.2, 0) is 17.8 Å². The molecule has 7 heteroatoms. The standard InChI is InChI=1S/C24H26N4O3/c1-14-7-15(11-25-10-14)8-21(29)28-13-17-9-18(28)5-6-20(17)27-23(30)19-4-2-3-16-12-26-24(31)22(16)19/h2-4,7,10-11,17-18,20H,5-6,8-9,12-13H2,1H3,(H,26,31)(H,27,30). The van der Waals surface area contributed by atoms with Crippen molar-refractivity contribution in [3.8, 4) is 0 Å². The van der Waals surface area contributed by atoms with E-state index in [-0.39, 0.29) is 35.7 Å². The Morgan fingerprint density at radius 3 is 2.97 bits per heavy atom. The van der Waals surface area contributed by atoms with Gasteiger partial charge in [-0.25, -0.2) is 0 Å². The molecule has 3 aliphatic rings. The number of hydrogen-bond donors (Lipinski definition) is 2. The molecule has 1 aliphatic carbocycles. The van der Waals surface area contributed by atoms with Gasteiger partial charge < -0.3 is 15.5 Å². The van der Waals surface area contributed by atoms with E-state index in [1.54, 1.807) is 18.5 Å². The van der Waals surface area contributed by atoms with E-state index in [1.807, 2.05) is 30.0 Å². The minimum absolute atomic E-state index is 0.0162. The van der Waals surface area contributed by atoms with Crippen LogP contribution in [0.2, 0.25) is 0 Å². The third-order valence-corrected chi connectivity index (χ3v) is 6.81. The highest BCUT2D eigenvalue weighted by Gasteiger charge is 2.43. The van der Waals surface area contributed by atoms with Gasteiger partial charge in [0.15, 0.2) is 0 Å². The van der Waals surface area contributed by atoms with Crippen LogP contribution in [0.1, 0.15) is 56.7 Å². The summed E-state index contributed by atoms with van der Waals surface area (Å²) >= 11 is 0. The Labute approximate surface area is 181 Å². The molecule has 2 aliphatic heterocycles. The van der Waals surface area contributed by atoms with Gasteiger partial charge in [-0.1, -0.05) is 18.2 Å². The molecule has 1 aromatic carbocycles. The van der Waals surface area contributed by atoms with Crippen molar-refractivity contribution in [3.63, 3.8) is 0 Å². The van der Waals surface area contributed by atoms with Gasteiger partial charge in [0, 0.05) is 37.6 Å². The van der Waals surface area contributed by atoms with Crippen LogP contribution in [0, 0.1) is 12.8 Å². The minimum Gasteiger partial charge on any atom is -0.349 e. The number of benzene rings is 1. The predicted octanol–water partition coefficient (Wildman–Crippen LogP) is 1.99. The summed E-state index contributed by atoms with van der Waals surface area (Å²) in [7, 11) is 0. The SMILES string of the molecule is Cc1cncc(CC(=O)N2CC3CC2CCC3NC(=O)c2cccc3c2C(=O)NC3)c1. The van der Waals surface area contributed by atoms with E-state index in [9.17, 15) is 14.4 Å². The van der Waals surface area contributed by atoms with Crippen LogP contribution in [0.5, 0.6) is 0 Å². The first-order chi connectivity index (χ1) is 15.0. The Morgan fingerprint density at radius 2 is 2.13 bits per heavy atom. The summed E-state index contributed by atoms with van der Waals surface area (Å²) in [4.78, 5) is 44.3. The first kappa shape index (κ1) is 19.7. The number of rotatable bonds is 4. The number of nitrogens with zero attached hydrogens (tertiary/aromatic N) is 2. The number of likely N-dealkylation sites (tertiary alicyclic amines) is 1. The molecule has 3 heterocycles. The molecule has 3 unspecified atom stereocenters. The van der Waals surface area contributed by atoms with Gasteiger partial charge in [-0.3, -0.25) is 19.4 Å². The zero-order valence-electron chi connectivity index (χ0n) is 17.6. The van der Waals surface area contributed by atoms with Crippen molar-refractivity contribution in [2.24, 2.45) is 5.92 Å². The maximum absolute atomic E-state index is 13.0. The molecule has 160 valence electrons. The van der Waals surface area contributed by atoms with Crippen LogP contribution in [-0.4, -0.2) is 46.2 Å². The lowest BCUT2D eigenvalue weighted by Crippen LogP contribution is -2.43. The normalized spacial score (nSPS) is 24.0. The van der Waals surface area contributed by atoms with E-state index < -0.39 is 0 Å². The third-order valence-electron chi connectivity index (χ3n) is 6.81. The molecular weight excluding hydrogens is 392 g/mol. The molecule has 1 aromatic heterocycles. The van der Waals surface area contributed by atoms with Crippen molar-refractivity contribution in [1.29, 1.82) is 0 Å². The molecule has 1 saturated carbocycles. The smallest absolute Gasteiger partial charge is 0.252 e. The summed E-state index contributed by atoms with van der Waals surface area (Å²) in [6.45, 7) is 3.11. The molecule has 1 saturated heterocycles. The van der Waals surface area contributed by atoms with Crippen LogP contribution in [0.4, 0.5) is 0 Å². The number of aromatic nitrogens is 1. The molecule has 2 N–H and O–H groups in total. The highest BCUT2D eigenvalue weighted by atomic mass is 16.2. The maximum atomic E-state index is 13.0. The average molecular weight is 418 g/mol. The number of hydrogen-bond acceptors (Lipinski definition) is 4. The van der Waals surface area contributed by atoms with Crippen LogP contribution in [0.15, 0.2) is 36.7 Å². The Balaban J connectivity index is 1.25. The quantitative estimate of drug-likeness (QED) is 0.794. The van der Waals surface area contributed by atoms with E-state index in [0.717, 1.165) is 36.0 Å². The van der Waals surface area contributed by atoms with Crippen LogP contribution >= 0.6 is 0 Å². The number of carbonyl (C=O) groups is 3. The molecule has 5 rings (SSSR count). The molecule has 3 atom stereocenters. The fourth-order valence-corrected chi connectivity index (χ4v) is 5.33. The first-order valence-corrected chi connectivity index (χ1v) is 10.9. The molecular formula is C24H26N4O3. The first-order valence-electron chi connectivity index (χ1n) is 10.9. The lowest BCUT2D eigenvalue weighted by molar-refractivity contribution is -0.131. The zero-order valence-corrected chi connectivity index (χ0v) is 17.6. The van der Waals surface area contributed by atoms with Gasteiger partial charge in [0.1, 0.15) is 0 Å². The summed E-state index contributed by atoms with van der Waals surface area (Å²) < 4.78 is 0. The Bertz CT molecular complexity index is 1070. The molecule has 2 bridgehead atoms. The lowest BCUT2D eigenvalue weighted by Gasteiger charge is -2.29. The fourth-order valence-electron chi connectivity index (χ4n) is 5.33. The average Bonchev–Trinajstić information content (AvgIpc) is 3.31. The summed E-state index contributed by atoms with van der Waals surface area (Å²) in [6.07, 6.45) is 6.54. The Kier molecular flexibility index (Phi) is 4.96. The highest BCUT2D eigenvalue weighted by molar-refractivity contribution is 6.09. The molecule has 31 heavy (non-hydrogen) atoms. The van der Waals surface area contributed by atoms with Gasteiger partial charge in [-0.05, 0) is 54.9 Å². The second-order valence-corrected chi connectivity index (χ2v) is 8.92. The van der Waals surface area contributed by atoms with Crippen LogP contribution < -0.4 is 10.6 Å². The van der Waals surface area contributed by atoms with Gasteiger partial charge in [0.05, 0.1) is 17.5 Å². The van der Waals surface area contributed by atoms with Gasteiger partial charge in [-0.2, -0.15) is 0 Å². The summed E-state index contributed by atoms with van der Waals surface area (Å²) in [6, 6.07) is 7.67. The lowest BCUT2D eigenvalue weighted by atomic mass is 9.85. The van der Waals surface area contributed by atoms with Gasteiger partial charge in [-0.15, -0.1) is 0 Å². The summed E-state index contributed by atoms with van der Waals surface area (Å²) in [5, 5.41) is 5.95. The highest BCUT2D eigenvalue weighted by Crippen LogP contribution is 2.36. The van der Waals surface area contributed by atoms with Crippen molar-refractivity contribution in [1.82, 2.24) is 20.5 Å².